The van der Waals surface area contributed by atoms with Crippen LogP contribution in [0.4, 0.5) is 0 Å². The van der Waals surface area contributed by atoms with E-state index in [9.17, 15) is 0 Å². The quantitative estimate of drug-likeness (QED) is 0.770. The van der Waals surface area contributed by atoms with Gasteiger partial charge >= 0.3 is 0 Å². The summed E-state index contributed by atoms with van der Waals surface area (Å²) in [5.74, 6) is 0.863. The maximum absolute atomic E-state index is 3.32. The van der Waals surface area contributed by atoms with Gasteiger partial charge in [-0.2, -0.15) is 0 Å². The zero-order chi connectivity index (χ0) is 10.2. The van der Waals surface area contributed by atoms with Gasteiger partial charge in [-0.05, 0) is 50.8 Å². The molecular formula is C13H19N. The third kappa shape index (κ3) is 1.83. The van der Waals surface area contributed by atoms with Gasteiger partial charge in [0.1, 0.15) is 0 Å². The fourth-order valence-corrected chi connectivity index (χ4v) is 1.73. The Morgan fingerprint density at radius 3 is 2.14 bits per heavy atom. The lowest BCUT2D eigenvalue weighted by atomic mass is 9.93. The summed E-state index contributed by atoms with van der Waals surface area (Å²) in [5, 5.41) is 3.32. The van der Waals surface area contributed by atoms with Crippen LogP contribution in [0.15, 0.2) is 24.3 Å². The van der Waals surface area contributed by atoms with Crippen molar-refractivity contribution in [1.82, 2.24) is 5.32 Å². The van der Waals surface area contributed by atoms with Gasteiger partial charge < -0.3 is 5.32 Å². The first-order valence-corrected chi connectivity index (χ1v) is 5.43. The Morgan fingerprint density at radius 1 is 1.14 bits per heavy atom. The second kappa shape index (κ2) is 3.39. The predicted octanol–water partition coefficient (Wildman–Crippen LogP) is 3.02. The van der Waals surface area contributed by atoms with E-state index >= 15 is 0 Å². The second-order valence-corrected chi connectivity index (χ2v) is 4.77. The molecule has 0 bridgehead atoms. The van der Waals surface area contributed by atoms with Crippen LogP contribution in [0.3, 0.4) is 0 Å². The van der Waals surface area contributed by atoms with Gasteiger partial charge in [0.2, 0.25) is 0 Å². The largest absolute Gasteiger partial charge is 0.311 e. The van der Waals surface area contributed by atoms with Crippen LogP contribution in [0.1, 0.15) is 43.7 Å². The fourth-order valence-electron chi connectivity index (χ4n) is 1.73. The minimum Gasteiger partial charge on any atom is -0.311 e. The van der Waals surface area contributed by atoms with Crippen LogP contribution in [-0.2, 0) is 5.54 Å². The highest BCUT2D eigenvalue weighted by Crippen LogP contribution is 2.40. The number of hydrogen-bond donors (Lipinski definition) is 1. The molecule has 1 nitrogen and oxygen atoms in total. The van der Waals surface area contributed by atoms with Crippen molar-refractivity contribution in [3.8, 4) is 0 Å². The molecule has 1 aliphatic carbocycles. The van der Waals surface area contributed by atoms with Crippen LogP contribution in [0.5, 0.6) is 0 Å². The van der Waals surface area contributed by atoms with Gasteiger partial charge in [0.25, 0.3) is 0 Å². The van der Waals surface area contributed by atoms with Crippen LogP contribution >= 0.6 is 0 Å². The summed E-state index contributed by atoms with van der Waals surface area (Å²) in [6.45, 7) is 4.41. The number of hydrogen-bond acceptors (Lipinski definition) is 1. The van der Waals surface area contributed by atoms with Gasteiger partial charge in [-0.15, -0.1) is 0 Å². The molecule has 0 unspecified atom stereocenters. The Balaban J connectivity index is 2.20. The number of rotatable bonds is 3. The van der Waals surface area contributed by atoms with E-state index < -0.39 is 0 Å². The van der Waals surface area contributed by atoms with Crippen LogP contribution in [0.25, 0.3) is 0 Å². The van der Waals surface area contributed by atoms with Gasteiger partial charge in [-0.25, -0.2) is 0 Å². The molecule has 14 heavy (non-hydrogen) atoms. The lowest BCUT2D eigenvalue weighted by molar-refractivity contribution is 0.444. The summed E-state index contributed by atoms with van der Waals surface area (Å²) < 4.78 is 0. The average molecular weight is 189 g/mol. The van der Waals surface area contributed by atoms with Crippen molar-refractivity contribution in [2.75, 3.05) is 7.05 Å². The topological polar surface area (TPSA) is 12.0 Å². The van der Waals surface area contributed by atoms with Gasteiger partial charge in [-0.3, -0.25) is 0 Å². The molecule has 0 aliphatic heterocycles. The summed E-state index contributed by atoms with van der Waals surface area (Å²) in [5.41, 5.74) is 2.97. The number of nitrogens with one attached hydrogen (secondary N) is 1. The van der Waals surface area contributed by atoms with Crippen molar-refractivity contribution in [3.05, 3.63) is 35.4 Å². The third-order valence-electron chi connectivity index (χ3n) is 3.31. The molecule has 0 aromatic heterocycles. The molecule has 1 aliphatic rings. The van der Waals surface area contributed by atoms with Crippen molar-refractivity contribution in [2.45, 2.75) is 38.1 Å². The van der Waals surface area contributed by atoms with E-state index in [2.05, 4.69) is 43.4 Å². The highest BCUT2D eigenvalue weighted by molar-refractivity contribution is 5.31. The molecular weight excluding hydrogens is 170 g/mol. The molecule has 1 N–H and O–H groups in total. The highest BCUT2D eigenvalue weighted by atomic mass is 14.9. The van der Waals surface area contributed by atoms with Gasteiger partial charge in [0.05, 0.1) is 0 Å². The fraction of sp³-hybridized carbons (Fsp3) is 0.538. The Morgan fingerprint density at radius 2 is 1.71 bits per heavy atom. The van der Waals surface area contributed by atoms with Crippen LogP contribution in [0.2, 0.25) is 0 Å². The molecule has 76 valence electrons. The lowest BCUT2D eigenvalue weighted by Crippen LogP contribution is -2.32. The summed E-state index contributed by atoms with van der Waals surface area (Å²) >= 11 is 0. The summed E-state index contributed by atoms with van der Waals surface area (Å²) in [7, 11) is 2.01. The average Bonchev–Trinajstić information content (AvgIpc) is 3.01. The summed E-state index contributed by atoms with van der Waals surface area (Å²) in [6, 6.07) is 9.08. The lowest BCUT2D eigenvalue weighted by Gasteiger charge is -2.24. The first-order chi connectivity index (χ1) is 6.63. The Bertz CT molecular complexity index is 307. The first-order valence-electron chi connectivity index (χ1n) is 5.43. The van der Waals surface area contributed by atoms with Gasteiger partial charge in [0, 0.05) is 5.54 Å². The first kappa shape index (κ1) is 9.72. The van der Waals surface area contributed by atoms with Crippen LogP contribution in [0, 0.1) is 0 Å². The van der Waals surface area contributed by atoms with Crippen molar-refractivity contribution in [1.29, 1.82) is 0 Å². The van der Waals surface area contributed by atoms with Crippen molar-refractivity contribution in [2.24, 2.45) is 0 Å². The molecule has 0 heterocycles. The molecule has 1 aromatic carbocycles. The Hall–Kier alpha value is -0.820. The van der Waals surface area contributed by atoms with Crippen molar-refractivity contribution in [3.63, 3.8) is 0 Å². The van der Waals surface area contributed by atoms with E-state index in [1.165, 1.54) is 24.0 Å². The SMILES string of the molecule is CNC(C)(C)c1ccc(C2CC2)cc1. The zero-order valence-corrected chi connectivity index (χ0v) is 9.30. The van der Waals surface area contributed by atoms with Crippen LogP contribution in [-0.4, -0.2) is 7.05 Å². The second-order valence-electron chi connectivity index (χ2n) is 4.77. The molecule has 1 saturated carbocycles. The Kier molecular flexibility index (Phi) is 2.36. The molecule has 0 saturated heterocycles. The van der Waals surface area contributed by atoms with Crippen LogP contribution < -0.4 is 5.32 Å². The zero-order valence-electron chi connectivity index (χ0n) is 9.30. The van der Waals surface area contributed by atoms with E-state index in [1.54, 1.807) is 0 Å². The molecule has 0 spiro atoms. The van der Waals surface area contributed by atoms with E-state index in [4.69, 9.17) is 0 Å². The molecule has 0 radical (unpaired) electrons. The standard InChI is InChI=1S/C13H19N/c1-13(2,14-3)12-8-6-11(7-9-12)10-4-5-10/h6-10,14H,4-5H2,1-3H3. The molecule has 1 fully saturated rings. The maximum Gasteiger partial charge on any atom is 0.0374 e. The molecule has 1 heteroatoms. The molecule has 0 atom stereocenters. The molecule has 1 aromatic rings. The highest BCUT2D eigenvalue weighted by Gasteiger charge is 2.24. The monoisotopic (exact) mass is 189 g/mol. The number of benzene rings is 1. The predicted molar refractivity (Wildman–Crippen MR) is 60.5 cm³/mol. The van der Waals surface area contributed by atoms with Gasteiger partial charge in [0.15, 0.2) is 0 Å². The van der Waals surface area contributed by atoms with E-state index in [-0.39, 0.29) is 5.54 Å². The molecule has 0 amide bonds. The normalized spacial score (nSPS) is 17.1. The summed E-state index contributed by atoms with van der Waals surface area (Å²) in [4.78, 5) is 0. The van der Waals surface area contributed by atoms with Gasteiger partial charge in [-0.1, -0.05) is 24.3 Å². The van der Waals surface area contributed by atoms with E-state index in [0.717, 1.165) is 5.92 Å². The maximum atomic E-state index is 3.32. The van der Waals surface area contributed by atoms with E-state index in [0.29, 0.717) is 0 Å². The molecule has 2 rings (SSSR count). The van der Waals surface area contributed by atoms with Crippen molar-refractivity contribution >= 4 is 0 Å². The summed E-state index contributed by atoms with van der Waals surface area (Å²) in [6.07, 6.45) is 2.77. The minimum atomic E-state index is 0.0854. The Labute approximate surface area is 86.5 Å². The smallest absolute Gasteiger partial charge is 0.0374 e. The minimum absolute atomic E-state index is 0.0854. The van der Waals surface area contributed by atoms with E-state index in [1.807, 2.05) is 7.05 Å². The van der Waals surface area contributed by atoms with Crippen molar-refractivity contribution < 1.29 is 0 Å². The third-order valence-corrected chi connectivity index (χ3v) is 3.31.